The zero-order valence-corrected chi connectivity index (χ0v) is 21.3. The van der Waals surface area contributed by atoms with Gasteiger partial charge in [-0.3, -0.25) is 14.5 Å². The number of aromatic nitrogens is 5. The van der Waals surface area contributed by atoms with Crippen LogP contribution in [0.15, 0.2) is 45.8 Å². The molecule has 0 spiro atoms. The molecule has 4 rings (SSSR count). The lowest BCUT2D eigenvalue weighted by Crippen LogP contribution is -2.35. The highest BCUT2D eigenvalue weighted by Gasteiger charge is 2.31. The highest BCUT2D eigenvalue weighted by Crippen LogP contribution is 2.30. The number of hydrogen-bond acceptors (Lipinski definition) is 8. The number of fused-ring (bicyclic) bond motifs is 1. The first-order valence-electron chi connectivity index (χ1n) is 12.1. The van der Waals surface area contributed by atoms with Crippen LogP contribution in [-0.2, 0) is 29.2 Å². The first-order chi connectivity index (χ1) is 17.3. The predicted molar refractivity (Wildman–Crippen MR) is 134 cm³/mol. The molecule has 0 saturated carbocycles. The third kappa shape index (κ3) is 5.54. The maximum atomic E-state index is 13.1. The van der Waals surface area contributed by atoms with E-state index in [1.807, 2.05) is 31.2 Å². The van der Waals surface area contributed by atoms with Crippen molar-refractivity contribution < 1.29 is 13.9 Å². The number of ether oxygens (including phenoxy) is 1. The SMILES string of the molecule is CCOC(=O)Cn1nnnc1[C@H](C(C)C)N(Cc1ccco1)Cc1cc2cc(C)c(C)cc2[nH]c1=O. The molecule has 190 valence electrons. The number of nitrogens with zero attached hydrogens (tertiary/aromatic N) is 5. The summed E-state index contributed by atoms with van der Waals surface area (Å²) in [4.78, 5) is 30.4. The Morgan fingerprint density at radius 3 is 2.67 bits per heavy atom. The zero-order chi connectivity index (χ0) is 25.8. The molecule has 1 atom stereocenters. The van der Waals surface area contributed by atoms with Crippen molar-refractivity contribution in [2.45, 2.75) is 60.3 Å². The lowest BCUT2D eigenvalue weighted by atomic mass is 9.99. The highest BCUT2D eigenvalue weighted by atomic mass is 16.5. The van der Waals surface area contributed by atoms with Gasteiger partial charge in [-0.05, 0) is 84.0 Å². The van der Waals surface area contributed by atoms with Crippen molar-refractivity contribution >= 4 is 16.9 Å². The normalized spacial score (nSPS) is 12.5. The molecule has 0 radical (unpaired) electrons. The number of carbonyl (C=O) groups excluding carboxylic acids is 1. The average molecular weight is 493 g/mol. The minimum Gasteiger partial charge on any atom is -0.468 e. The molecule has 1 N–H and O–H groups in total. The summed E-state index contributed by atoms with van der Waals surface area (Å²) < 4.78 is 12.2. The summed E-state index contributed by atoms with van der Waals surface area (Å²) in [6.45, 7) is 10.9. The zero-order valence-electron chi connectivity index (χ0n) is 21.3. The molecule has 0 amide bonds. The van der Waals surface area contributed by atoms with E-state index in [4.69, 9.17) is 9.15 Å². The van der Waals surface area contributed by atoms with E-state index in [0.717, 1.165) is 27.8 Å². The number of benzene rings is 1. The van der Waals surface area contributed by atoms with Crippen LogP contribution in [0, 0.1) is 19.8 Å². The van der Waals surface area contributed by atoms with Gasteiger partial charge in [0.05, 0.1) is 25.5 Å². The lowest BCUT2D eigenvalue weighted by Gasteiger charge is -2.32. The largest absolute Gasteiger partial charge is 0.468 e. The number of aromatic amines is 1. The molecule has 0 unspecified atom stereocenters. The minimum atomic E-state index is -0.414. The molecule has 0 fully saturated rings. The number of hydrogen-bond donors (Lipinski definition) is 1. The summed E-state index contributed by atoms with van der Waals surface area (Å²) in [5.74, 6) is 0.904. The van der Waals surface area contributed by atoms with Gasteiger partial charge in [-0.25, -0.2) is 4.68 Å². The fourth-order valence-electron chi connectivity index (χ4n) is 4.46. The van der Waals surface area contributed by atoms with Gasteiger partial charge in [0.1, 0.15) is 12.3 Å². The van der Waals surface area contributed by atoms with E-state index < -0.39 is 5.97 Å². The van der Waals surface area contributed by atoms with Gasteiger partial charge in [0.15, 0.2) is 5.82 Å². The smallest absolute Gasteiger partial charge is 0.327 e. The molecule has 3 heterocycles. The fourth-order valence-corrected chi connectivity index (χ4v) is 4.46. The van der Waals surface area contributed by atoms with Gasteiger partial charge in [-0.1, -0.05) is 13.8 Å². The van der Waals surface area contributed by atoms with Gasteiger partial charge in [0.2, 0.25) is 0 Å². The van der Waals surface area contributed by atoms with Gasteiger partial charge in [-0.15, -0.1) is 5.10 Å². The fraction of sp³-hybridized carbons (Fsp3) is 0.423. The molecule has 1 aromatic carbocycles. The number of pyridine rings is 1. The molecule has 4 aromatic rings. The summed E-state index contributed by atoms with van der Waals surface area (Å²) in [6.07, 6.45) is 1.62. The van der Waals surface area contributed by atoms with Crippen molar-refractivity contribution in [3.63, 3.8) is 0 Å². The number of carbonyl (C=O) groups is 1. The Morgan fingerprint density at radius 1 is 1.19 bits per heavy atom. The number of H-pyrrole nitrogens is 1. The number of aryl methyl sites for hydroxylation is 2. The summed E-state index contributed by atoms with van der Waals surface area (Å²) in [5, 5.41) is 13.1. The van der Waals surface area contributed by atoms with Crippen LogP contribution in [0.2, 0.25) is 0 Å². The van der Waals surface area contributed by atoms with Gasteiger partial charge in [-0.2, -0.15) is 0 Å². The highest BCUT2D eigenvalue weighted by molar-refractivity contribution is 5.80. The van der Waals surface area contributed by atoms with Crippen molar-refractivity contribution in [2.75, 3.05) is 6.61 Å². The van der Waals surface area contributed by atoms with Gasteiger partial charge in [0.25, 0.3) is 5.56 Å². The molecule has 10 nitrogen and oxygen atoms in total. The molecule has 0 aliphatic carbocycles. The predicted octanol–water partition coefficient (Wildman–Crippen LogP) is 3.69. The van der Waals surface area contributed by atoms with Crippen molar-refractivity contribution in [1.82, 2.24) is 30.1 Å². The molecule has 0 saturated heterocycles. The lowest BCUT2D eigenvalue weighted by molar-refractivity contribution is -0.144. The molecule has 0 aliphatic heterocycles. The van der Waals surface area contributed by atoms with E-state index >= 15 is 0 Å². The number of nitrogens with one attached hydrogen (secondary N) is 1. The van der Waals surface area contributed by atoms with Crippen molar-refractivity contribution in [1.29, 1.82) is 0 Å². The second kappa shape index (κ2) is 10.9. The number of esters is 1. The molecule has 0 bridgehead atoms. The summed E-state index contributed by atoms with van der Waals surface area (Å²) in [7, 11) is 0. The maximum Gasteiger partial charge on any atom is 0.327 e. The van der Waals surface area contributed by atoms with E-state index in [9.17, 15) is 9.59 Å². The summed E-state index contributed by atoms with van der Waals surface area (Å²) >= 11 is 0. The van der Waals surface area contributed by atoms with E-state index in [-0.39, 0.29) is 30.7 Å². The van der Waals surface area contributed by atoms with Crippen LogP contribution >= 0.6 is 0 Å². The number of rotatable bonds is 10. The topological polar surface area (TPSA) is 119 Å². The second-order valence-electron chi connectivity index (χ2n) is 9.32. The number of tetrazole rings is 1. The Labute approximate surface area is 209 Å². The Kier molecular flexibility index (Phi) is 7.64. The van der Waals surface area contributed by atoms with Crippen LogP contribution in [0.4, 0.5) is 0 Å². The van der Waals surface area contributed by atoms with Crippen LogP contribution in [0.1, 0.15) is 55.1 Å². The van der Waals surface area contributed by atoms with Gasteiger partial charge < -0.3 is 14.1 Å². The average Bonchev–Trinajstić information content (AvgIpc) is 3.48. The van der Waals surface area contributed by atoms with Crippen LogP contribution in [0.3, 0.4) is 0 Å². The van der Waals surface area contributed by atoms with Gasteiger partial charge in [0, 0.05) is 17.6 Å². The first kappa shape index (κ1) is 25.3. The van der Waals surface area contributed by atoms with Crippen LogP contribution in [0.25, 0.3) is 10.9 Å². The Morgan fingerprint density at radius 2 is 1.97 bits per heavy atom. The number of furan rings is 1. The maximum absolute atomic E-state index is 13.1. The molecule has 36 heavy (non-hydrogen) atoms. The van der Waals surface area contributed by atoms with E-state index in [1.165, 1.54) is 4.68 Å². The van der Waals surface area contributed by atoms with Crippen LogP contribution in [-0.4, -0.2) is 42.7 Å². The second-order valence-corrected chi connectivity index (χ2v) is 9.32. The van der Waals surface area contributed by atoms with Crippen molar-refractivity contribution in [3.8, 4) is 0 Å². The Hall–Kier alpha value is -3.79. The Balaban J connectivity index is 1.74. The van der Waals surface area contributed by atoms with E-state index in [2.05, 4.69) is 52.2 Å². The molecular formula is C26H32N6O4. The Bertz CT molecular complexity index is 1390. The van der Waals surface area contributed by atoms with Crippen molar-refractivity contribution in [3.05, 3.63) is 75.2 Å². The summed E-state index contributed by atoms with van der Waals surface area (Å²) in [5.41, 5.74) is 3.56. The van der Waals surface area contributed by atoms with Crippen LogP contribution < -0.4 is 5.56 Å². The molecular weight excluding hydrogens is 460 g/mol. The molecule has 0 aliphatic rings. The third-order valence-corrected chi connectivity index (χ3v) is 6.28. The van der Waals surface area contributed by atoms with E-state index in [1.54, 1.807) is 13.2 Å². The minimum absolute atomic E-state index is 0.0522. The summed E-state index contributed by atoms with van der Waals surface area (Å²) in [6, 6.07) is 9.43. The quantitative estimate of drug-likeness (QED) is 0.333. The molecule has 10 heteroatoms. The van der Waals surface area contributed by atoms with Crippen LogP contribution in [0.5, 0.6) is 0 Å². The first-order valence-corrected chi connectivity index (χ1v) is 12.1. The van der Waals surface area contributed by atoms with Crippen molar-refractivity contribution in [2.24, 2.45) is 5.92 Å². The molecule has 3 aromatic heterocycles. The standard InChI is InChI=1S/C26H32N6O4/c1-6-35-23(33)15-32-25(28-29-30-32)24(16(2)3)31(14-21-8-7-9-36-21)13-20-12-19-10-17(4)18(5)11-22(19)27-26(20)34/h7-12,16,24H,6,13-15H2,1-5H3,(H,27,34)/t24-/m0/s1. The van der Waals surface area contributed by atoms with Gasteiger partial charge >= 0.3 is 5.97 Å². The monoisotopic (exact) mass is 492 g/mol. The van der Waals surface area contributed by atoms with E-state index in [0.29, 0.717) is 24.5 Å². The third-order valence-electron chi connectivity index (χ3n) is 6.28.